The van der Waals surface area contributed by atoms with Crippen molar-refractivity contribution in [1.29, 1.82) is 0 Å². The Labute approximate surface area is 131 Å². The predicted octanol–water partition coefficient (Wildman–Crippen LogP) is 3.14. The van der Waals surface area contributed by atoms with E-state index in [9.17, 15) is 9.90 Å². The van der Waals surface area contributed by atoms with Crippen molar-refractivity contribution in [3.8, 4) is 17.4 Å². The number of aromatic nitrogens is 2. The van der Waals surface area contributed by atoms with Crippen molar-refractivity contribution in [3.05, 3.63) is 57.8 Å². The van der Waals surface area contributed by atoms with Crippen molar-refractivity contribution in [2.24, 2.45) is 0 Å². The van der Waals surface area contributed by atoms with Crippen LogP contribution in [0.4, 0.5) is 0 Å². The number of aromatic hydroxyl groups is 1. The molecule has 0 amide bonds. The molecule has 0 aliphatic carbocycles. The second kappa shape index (κ2) is 5.69. The van der Waals surface area contributed by atoms with Crippen LogP contribution in [0.2, 0.25) is 5.02 Å². The fourth-order valence-corrected chi connectivity index (χ4v) is 2.45. The van der Waals surface area contributed by atoms with E-state index in [-0.39, 0.29) is 17.3 Å². The molecule has 22 heavy (non-hydrogen) atoms. The lowest BCUT2D eigenvalue weighted by Crippen LogP contribution is -2.16. The second-order valence-electron chi connectivity index (χ2n) is 4.62. The SMILES string of the molecule is CCOc1nc(=O)c2ccccc2n1-c1cc(Cl)ccc1O. The fraction of sp³-hybridized carbons (Fsp3) is 0.125. The van der Waals surface area contributed by atoms with Gasteiger partial charge in [0.1, 0.15) is 5.75 Å². The van der Waals surface area contributed by atoms with Crippen molar-refractivity contribution in [2.75, 3.05) is 6.61 Å². The van der Waals surface area contributed by atoms with Gasteiger partial charge in [0, 0.05) is 5.02 Å². The third-order valence-electron chi connectivity index (χ3n) is 3.22. The second-order valence-corrected chi connectivity index (χ2v) is 5.05. The molecule has 0 radical (unpaired) electrons. The standard InChI is InChI=1S/C16H13ClN2O3/c1-2-22-16-18-15(21)11-5-3-4-6-12(11)19(16)13-9-10(17)7-8-14(13)20/h3-9,20H,2H2,1H3. The first-order chi connectivity index (χ1) is 10.6. The van der Waals surface area contributed by atoms with Gasteiger partial charge in [0.25, 0.3) is 5.56 Å². The maximum Gasteiger partial charge on any atom is 0.305 e. The van der Waals surface area contributed by atoms with Crippen LogP contribution in [-0.2, 0) is 0 Å². The lowest BCUT2D eigenvalue weighted by atomic mass is 10.2. The highest BCUT2D eigenvalue weighted by Crippen LogP contribution is 2.30. The molecule has 1 heterocycles. The van der Waals surface area contributed by atoms with Crippen LogP contribution in [0.3, 0.4) is 0 Å². The minimum Gasteiger partial charge on any atom is -0.506 e. The zero-order chi connectivity index (χ0) is 15.7. The van der Waals surface area contributed by atoms with Crippen LogP contribution in [0.15, 0.2) is 47.3 Å². The Hall–Kier alpha value is -2.53. The molecular weight excluding hydrogens is 304 g/mol. The van der Waals surface area contributed by atoms with E-state index >= 15 is 0 Å². The van der Waals surface area contributed by atoms with Crippen molar-refractivity contribution in [2.45, 2.75) is 6.92 Å². The summed E-state index contributed by atoms with van der Waals surface area (Å²) in [6.07, 6.45) is 0. The highest BCUT2D eigenvalue weighted by Gasteiger charge is 2.16. The summed E-state index contributed by atoms with van der Waals surface area (Å²) in [7, 11) is 0. The Kier molecular flexibility index (Phi) is 3.73. The van der Waals surface area contributed by atoms with Gasteiger partial charge in [-0.15, -0.1) is 0 Å². The van der Waals surface area contributed by atoms with E-state index in [0.717, 1.165) is 0 Å². The number of ether oxygens (including phenoxy) is 1. The molecule has 0 unspecified atom stereocenters. The minimum absolute atomic E-state index is 0.0148. The monoisotopic (exact) mass is 316 g/mol. The van der Waals surface area contributed by atoms with Crippen LogP contribution in [0, 0.1) is 0 Å². The summed E-state index contributed by atoms with van der Waals surface area (Å²) in [5.74, 6) is 0.0148. The molecule has 112 valence electrons. The smallest absolute Gasteiger partial charge is 0.305 e. The Morgan fingerprint density at radius 1 is 1.27 bits per heavy atom. The Bertz CT molecular complexity index is 906. The fourth-order valence-electron chi connectivity index (χ4n) is 2.28. The van der Waals surface area contributed by atoms with Crippen LogP contribution >= 0.6 is 11.6 Å². The minimum atomic E-state index is -0.378. The summed E-state index contributed by atoms with van der Waals surface area (Å²) < 4.78 is 7.06. The molecule has 0 spiro atoms. The number of halogens is 1. The van der Waals surface area contributed by atoms with Crippen LogP contribution in [0.5, 0.6) is 11.8 Å². The molecule has 0 saturated heterocycles. The third kappa shape index (κ3) is 2.40. The van der Waals surface area contributed by atoms with E-state index in [0.29, 0.717) is 28.2 Å². The summed E-state index contributed by atoms with van der Waals surface area (Å²) in [6.45, 7) is 2.13. The van der Waals surface area contributed by atoms with Crippen molar-refractivity contribution in [3.63, 3.8) is 0 Å². The molecule has 3 aromatic rings. The maximum absolute atomic E-state index is 12.1. The average Bonchev–Trinajstić information content (AvgIpc) is 2.51. The molecule has 3 rings (SSSR count). The van der Waals surface area contributed by atoms with Crippen molar-refractivity contribution in [1.82, 2.24) is 9.55 Å². The van der Waals surface area contributed by atoms with Crippen molar-refractivity contribution >= 4 is 22.5 Å². The van der Waals surface area contributed by atoms with Gasteiger partial charge >= 0.3 is 6.01 Å². The molecule has 0 aliphatic heterocycles. The molecule has 2 aromatic carbocycles. The molecule has 5 nitrogen and oxygen atoms in total. The number of phenols is 1. The van der Waals surface area contributed by atoms with Gasteiger partial charge in [0.2, 0.25) is 0 Å². The van der Waals surface area contributed by atoms with Gasteiger partial charge < -0.3 is 9.84 Å². The third-order valence-corrected chi connectivity index (χ3v) is 3.45. The molecule has 6 heteroatoms. The first kappa shape index (κ1) is 14.4. The summed E-state index contributed by atoms with van der Waals surface area (Å²) in [6, 6.07) is 11.8. The predicted molar refractivity (Wildman–Crippen MR) is 85.2 cm³/mol. The lowest BCUT2D eigenvalue weighted by molar-refractivity contribution is 0.304. The van der Waals surface area contributed by atoms with Gasteiger partial charge in [-0.2, -0.15) is 4.98 Å². The van der Waals surface area contributed by atoms with Crippen LogP contribution < -0.4 is 10.3 Å². The number of hydrogen-bond acceptors (Lipinski definition) is 4. The number of benzene rings is 2. The van der Waals surface area contributed by atoms with E-state index in [2.05, 4.69) is 4.98 Å². The molecule has 0 bridgehead atoms. The largest absolute Gasteiger partial charge is 0.506 e. The van der Waals surface area contributed by atoms with Gasteiger partial charge in [0.05, 0.1) is 23.2 Å². The van der Waals surface area contributed by atoms with E-state index < -0.39 is 0 Å². The van der Waals surface area contributed by atoms with Crippen LogP contribution in [0.1, 0.15) is 6.92 Å². The van der Waals surface area contributed by atoms with E-state index in [1.165, 1.54) is 6.07 Å². The van der Waals surface area contributed by atoms with Gasteiger partial charge in [-0.3, -0.25) is 9.36 Å². The number of para-hydroxylation sites is 1. The Morgan fingerprint density at radius 3 is 2.82 bits per heavy atom. The first-order valence-corrected chi connectivity index (χ1v) is 7.13. The summed E-state index contributed by atoms with van der Waals surface area (Å²) >= 11 is 6.03. The normalized spacial score (nSPS) is 10.8. The van der Waals surface area contributed by atoms with Gasteiger partial charge in [-0.1, -0.05) is 23.7 Å². The maximum atomic E-state index is 12.1. The summed E-state index contributed by atoms with van der Waals surface area (Å²) in [5, 5.41) is 11.1. The lowest BCUT2D eigenvalue weighted by Gasteiger charge is -2.16. The number of rotatable bonds is 3. The van der Waals surface area contributed by atoms with Crippen molar-refractivity contribution < 1.29 is 9.84 Å². The molecule has 0 saturated carbocycles. The zero-order valence-corrected chi connectivity index (χ0v) is 12.5. The highest BCUT2D eigenvalue weighted by molar-refractivity contribution is 6.30. The van der Waals surface area contributed by atoms with Gasteiger partial charge in [0.15, 0.2) is 0 Å². The number of phenolic OH excluding ortho intramolecular Hbond substituents is 1. The summed E-state index contributed by atoms with van der Waals surface area (Å²) in [4.78, 5) is 16.1. The van der Waals surface area contributed by atoms with Gasteiger partial charge in [-0.25, -0.2) is 0 Å². The Morgan fingerprint density at radius 2 is 2.05 bits per heavy atom. The van der Waals surface area contributed by atoms with Gasteiger partial charge in [-0.05, 0) is 37.3 Å². The summed E-state index contributed by atoms with van der Waals surface area (Å²) in [5.41, 5.74) is 0.611. The molecule has 0 atom stereocenters. The average molecular weight is 317 g/mol. The molecule has 1 aromatic heterocycles. The molecular formula is C16H13ClN2O3. The highest BCUT2D eigenvalue weighted by atomic mass is 35.5. The molecule has 0 fully saturated rings. The number of hydrogen-bond donors (Lipinski definition) is 1. The number of fused-ring (bicyclic) bond motifs is 1. The van der Waals surface area contributed by atoms with Crippen LogP contribution in [0.25, 0.3) is 16.6 Å². The molecule has 0 aliphatic rings. The zero-order valence-electron chi connectivity index (χ0n) is 11.8. The number of nitrogens with zero attached hydrogens (tertiary/aromatic N) is 2. The van der Waals surface area contributed by atoms with E-state index in [4.69, 9.17) is 16.3 Å². The quantitative estimate of drug-likeness (QED) is 0.806. The van der Waals surface area contributed by atoms with E-state index in [1.54, 1.807) is 47.9 Å². The molecule has 1 N–H and O–H groups in total. The first-order valence-electron chi connectivity index (χ1n) is 6.75. The topological polar surface area (TPSA) is 64.3 Å². The Balaban J connectivity index is 2.45. The van der Waals surface area contributed by atoms with Crippen LogP contribution in [-0.4, -0.2) is 21.3 Å². The van der Waals surface area contributed by atoms with E-state index in [1.807, 2.05) is 0 Å².